The summed E-state index contributed by atoms with van der Waals surface area (Å²) in [4.78, 5) is 29.1. The van der Waals surface area contributed by atoms with Gasteiger partial charge in [-0.15, -0.1) is 0 Å². The summed E-state index contributed by atoms with van der Waals surface area (Å²) in [6.07, 6.45) is 6.04. The molecule has 27 heavy (non-hydrogen) atoms. The molecule has 3 aliphatic rings. The fourth-order valence-electron chi connectivity index (χ4n) is 4.34. The third-order valence-corrected chi connectivity index (χ3v) is 6.12. The molecule has 0 radical (unpaired) electrons. The zero-order valence-electron chi connectivity index (χ0n) is 15.7. The van der Waals surface area contributed by atoms with Gasteiger partial charge in [0.25, 0.3) is 5.91 Å². The van der Waals surface area contributed by atoms with Crippen LogP contribution >= 0.6 is 0 Å². The van der Waals surface area contributed by atoms with Crippen LogP contribution in [0.4, 0.5) is 4.39 Å². The Morgan fingerprint density at radius 2 is 1.74 bits per heavy atom. The third-order valence-electron chi connectivity index (χ3n) is 6.12. The zero-order valence-corrected chi connectivity index (χ0v) is 15.7. The summed E-state index contributed by atoms with van der Waals surface area (Å²) in [5.74, 6) is -0.358. The molecule has 1 aromatic rings. The highest BCUT2D eigenvalue weighted by atomic mass is 19.1. The summed E-state index contributed by atoms with van der Waals surface area (Å²) in [7, 11) is 0. The summed E-state index contributed by atoms with van der Waals surface area (Å²) in [5.41, 5.74) is 0.158. The maximum atomic E-state index is 13.9. The number of piperidine rings is 2. The van der Waals surface area contributed by atoms with Crippen LogP contribution in [0.1, 0.15) is 48.9 Å². The summed E-state index contributed by atoms with van der Waals surface area (Å²) in [6.45, 7) is 3.14. The van der Waals surface area contributed by atoms with Gasteiger partial charge in [0.2, 0.25) is 5.91 Å². The number of nitrogens with zero attached hydrogens (tertiary/aromatic N) is 2. The Balaban J connectivity index is 1.30. The molecule has 0 spiro atoms. The first-order valence-electron chi connectivity index (χ1n) is 10.2. The Bertz CT molecular complexity index is 698. The van der Waals surface area contributed by atoms with Crippen LogP contribution in [0.15, 0.2) is 24.3 Å². The van der Waals surface area contributed by atoms with Gasteiger partial charge in [0, 0.05) is 31.7 Å². The van der Waals surface area contributed by atoms with Gasteiger partial charge in [-0.25, -0.2) is 4.39 Å². The number of likely N-dealkylation sites (tertiary alicyclic amines) is 2. The summed E-state index contributed by atoms with van der Waals surface area (Å²) in [5, 5.41) is 3.14. The number of nitrogens with one attached hydrogen (secondary N) is 1. The first-order valence-corrected chi connectivity index (χ1v) is 10.2. The lowest BCUT2D eigenvalue weighted by Crippen LogP contribution is -2.51. The van der Waals surface area contributed by atoms with E-state index in [-0.39, 0.29) is 23.3 Å². The predicted octanol–water partition coefficient (Wildman–Crippen LogP) is 2.42. The van der Waals surface area contributed by atoms with E-state index in [1.165, 1.54) is 6.07 Å². The Kier molecular flexibility index (Phi) is 5.43. The lowest BCUT2D eigenvalue weighted by Gasteiger charge is -2.42. The van der Waals surface area contributed by atoms with Crippen molar-refractivity contribution in [2.75, 3.05) is 26.2 Å². The van der Waals surface area contributed by atoms with Crippen LogP contribution in [0.2, 0.25) is 0 Å². The van der Waals surface area contributed by atoms with Gasteiger partial charge >= 0.3 is 0 Å². The molecular weight excluding hydrogens is 345 g/mol. The molecule has 2 saturated heterocycles. The zero-order chi connectivity index (χ0) is 18.8. The standard InChI is InChI=1S/C21H28FN3O2/c22-19-6-2-1-5-18(19)21(27)24-12-9-17(10-13-24)25-11-3-4-15(14-25)20(26)23-16-7-8-16/h1-2,5-6,15-17H,3-4,7-14H2,(H,23,26)/t15-/m1/s1. The molecule has 2 heterocycles. The second-order valence-corrected chi connectivity index (χ2v) is 8.12. The van der Waals surface area contributed by atoms with Crippen molar-refractivity contribution < 1.29 is 14.0 Å². The smallest absolute Gasteiger partial charge is 0.256 e. The van der Waals surface area contributed by atoms with E-state index in [0.717, 1.165) is 51.6 Å². The molecule has 2 aliphatic heterocycles. The molecule has 2 amide bonds. The number of benzene rings is 1. The van der Waals surface area contributed by atoms with E-state index in [1.807, 2.05) is 0 Å². The van der Waals surface area contributed by atoms with Gasteiger partial charge in [0.1, 0.15) is 5.82 Å². The van der Waals surface area contributed by atoms with Gasteiger partial charge in [0.15, 0.2) is 0 Å². The molecule has 1 aromatic carbocycles. The van der Waals surface area contributed by atoms with Crippen LogP contribution < -0.4 is 5.32 Å². The van der Waals surface area contributed by atoms with Crippen LogP contribution in [0.5, 0.6) is 0 Å². The predicted molar refractivity (Wildman–Crippen MR) is 101 cm³/mol. The number of halogens is 1. The van der Waals surface area contributed by atoms with Crippen LogP contribution in [-0.2, 0) is 4.79 Å². The molecule has 4 rings (SSSR count). The van der Waals surface area contributed by atoms with Gasteiger partial charge in [0.05, 0.1) is 11.5 Å². The van der Waals surface area contributed by atoms with E-state index in [2.05, 4.69) is 10.2 Å². The molecule has 3 fully saturated rings. The topological polar surface area (TPSA) is 52.7 Å². The van der Waals surface area contributed by atoms with Crippen molar-refractivity contribution in [3.05, 3.63) is 35.6 Å². The lowest BCUT2D eigenvalue weighted by molar-refractivity contribution is -0.127. The molecule has 146 valence electrons. The van der Waals surface area contributed by atoms with E-state index >= 15 is 0 Å². The number of carbonyl (C=O) groups is 2. The molecule has 1 N–H and O–H groups in total. The van der Waals surface area contributed by atoms with Gasteiger partial charge < -0.3 is 10.2 Å². The fraction of sp³-hybridized carbons (Fsp3) is 0.619. The minimum absolute atomic E-state index is 0.0948. The molecule has 0 aromatic heterocycles. The summed E-state index contributed by atoms with van der Waals surface area (Å²) >= 11 is 0. The highest BCUT2D eigenvalue weighted by Gasteiger charge is 2.34. The molecule has 6 heteroatoms. The largest absolute Gasteiger partial charge is 0.353 e. The molecular formula is C21H28FN3O2. The normalized spacial score (nSPS) is 24.6. The van der Waals surface area contributed by atoms with Gasteiger partial charge in [-0.05, 0) is 57.2 Å². The number of carbonyl (C=O) groups excluding carboxylic acids is 2. The second kappa shape index (κ2) is 7.97. The van der Waals surface area contributed by atoms with Crippen LogP contribution in [0, 0.1) is 11.7 Å². The molecule has 5 nitrogen and oxygen atoms in total. The maximum Gasteiger partial charge on any atom is 0.256 e. The molecule has 1 atom stereocenters. The minimum Gasteiger partial charge on any atom is -0.353 e. The van der Waals surface area contributed by atoms with Crippen molar-refractivity contribution in [1.29, 1.82) is 0 Å². The first kappa shape index (κ1) is 18.4. The van der Waals surface area contributed by atoms with Crippen LogP contribution in [0.25, 0.3) is 0 Å². The number of hydrogen-bond acceptors (Lipinski definition) is 3. The summed E-state index contributed by atoms with van der Waals surface area (Å²) < 4.78 is 13.9. The first-order chi connectivity index (χ1) is 13.1. The number of hydrogen-bond donors (Lipinski definition) is 1. The van der Waals surface area contributed by atoms with Crippen LogP contribution in [0.3, 0.4) is 0 Å². The molecule has 1 saturated carbocycles. The minimum atomic E-state index is -0.454. The van der Waals surface area contributed by atoms with Gasteiger partial charge in [-0.1, -0.05) is 12.1 Å². The maximum absolute atomic E-state index is 13.9. The average molecular weight is 373 g/mol. The van der Waals surface area contributed by atoms with Crippen LogP contribution in [-0.4, -0.2) is 59.9 Å². The van der Waals surface area contributed by atoms with Crippen molar-refractivity contribution in [2.24, 2.45) is 5.92 Å². The highest BCUT2D eigenvalue weighted by molar-refractivity contribution is 5.94. The monoisotopic (exact) mass is 373 g/mol. The Morgan fingerprint density at radius 3 is 2.44 bits per heavy atom. The summed E-state index contributed by atoms with van der Waals surface area (Å²) in [6, 6.07) is 7.01. The van der Waals surface area contributed by atoms with Gasteiger partial charge in [-0.2, -0.15) is 0 Å². The fourth-order valence-corrected chi connectivity index (χ4v) is 4.34. The molecule has 1 aliphatic carbocycles. The Hall–Kier alpha value is -1.95. The van der Waals surface area contributed by atoms with Crippen molar-refractivity contribution >= 4 is 11.8 Å². The quantitative estimate of drug-likeness (QED) is 0.882. The third kappa shape index (κ3) is 4.32. The molecule has 0 bridgehead atoms. The van der Waals surface area contributed by atoms with Crippen molar-refractivity contribution in [3.63, 3.8) is 0 Å². The Morgan fingerprint density at radius 1 is 1.00 bits per heavy atom. The number of amides is 2. The van der Waals surface area contributed by atoms with E-state index in [9.17, 15) is 14.0 Å². The second-order valence-electron chi connectivity index (χ2n) is 8.12. The molecule has 0 unspecified atom stereocenters. The van der Waals surface area contributed by atoms with Gasteiger partial charge in [-0.3, -0.25) is 14.5 Å². The lowest BCUT2D eigenvalue weighted by atomic mass is 9.93. The van der Waals surface area contributed by atoms with Crippen molar-refractivity contribution in [3.8, 4) is 0 Å². The highest BCUT2D eigenvalue weighted by Crippen LogP contribution is 2.26. The van der Waals surface area contributed by atoms with E-state index in [0.29, 0.717) is 25.2 Å². The SMILES string of the molecule is O=C(NC1CC1)[C@@H]1CCCN(C2CCN(C(=O)c3ccccc3F)CC2)C1. The number of rotatable bonds is 4. The van der Waals surface area contributed by atoms with Crippen molar-refractivity contribution in [2.45, 2.75) is 50.6 Å². The Labute approximate surface area is 159 Å². The van der Waals surface area contributed by atoms with E-state index < -0.39 is 5.82 Å². The van der Waals surface area contributed by atoms with E-state index in [1.54, 1.807) is 23.1 Å². The average Bonchev–Trinajstić information content (AvgIpc) is 3.52. The van der Waals surface area contributed by atoms with Crippen molar-refractivity contribution in [1.82, 2.24) is 15.1 Å². The van der Waals surface area contributed by atoms with E-state index in [4.69, 9.17) is 0 Å².